The molecule has 2 heterocycles. The standard InChI is InChI=1S/C18H18ClN3O4/c19-13-5-3-11(4-6-13)14-20-15(26-21-14)12-2-1-9-22(10-12)16(23)18(7-8-18)17(24)25/h3-6,12H,1-2,7-10H2,(H,24,25)/t12-/m1/s1. The van der Waals surface area contributed by atoms with Gasteiger partial charge in [-0.1, -0.05) is 16.8 Å². The van der Waals surface area contributed by atoms with Crippen LogP contribution in [0, 0.1) is 5.41 Å². The van der Waals surface area contributed by atoms with Crippen molar-refractivity contribution in [3.8, 4) is 11.4 Å². The summed E-state index contributed by atoms with van der Waals surface area (Å²) >= 11 is 5.89. The molecule has 1 aromatic heterocycles. The van der Waals surface area contributed by atoms with E-state index >= 15 is 0 Å². The minimum absolute atomic E-state index is 0.0779. The molecule has 0 radical (unpaired) electrons. The first-order chi connectivity index (χ1) is 12.5. The number of carboxylic acid groups (broad SMARTS) is 1. The Hall–Kier alpha value is -2.41. The number of nitrogens with zero attached hydrogens (tertiary/aromatic N) is 3. The fourth-order valence-electron chi connectivity index (χ4n) is 3.43. The summed E-state index contributed by atoms with van der Waals surface area (Å²) < 4.78 is 5.42. The van der Waals surface area contributed by atoms with Gasteiger partial charge in [-0.25, -0.2) is 0 Å². The summed E-state index contributed by atoms with van der Waals surface area (Å²) in [6, 6.07) is 7.15. The molecule has 0 spiro atoms. The minimum atomic E-state index is -1.20. The highest BCUT2D eigenvalue weighted by atomic mass is 35.5. The van der Waals surface area contributed by atoms with Gasteiger partial charge in [-0.15, -0.1) is 0 Å². The third-order valence-electron chi connectivity index (χ3n) is 5.17. The summed E-state index contributed by atoms with van der Waals surface area (Å²) in [5.41, 5.74) is -0.401. The van der Waals surface area contributed by atoms with Crippen LogP contribution in [0.15, 0.2) is 28.8 Å². The van der Waals surface area contributed by atoms with E-state index in [0.717, 1.165) is 18.4 Å². The van der Waals surface area contributed by atoms with Crippen LogP contribution in [0.4, 0.5) is 0 Å². The normalized spacial score (nSPS) is 21.4. The second-order valence-corrected chi connectivity index (χ2v) is 7.38. The third-order valence-corrected chi connectivity index (χ3v) is 5.42. The molecule has 136 valence electrons. The molecule has 2 fully saturated rings. The first kappa shape index (κ1) is 17.0. The number of hydrogen-bond acceptors (Lipinski definition) is 5. The van der Waals surface area contributed by atoms with Crippen LogP contribution in [0.3, 0.4) is 0 Å². The highest BCUT2D eigenvalue weighted by molar-refractivity contribution is 6.30. The van der Waals surface area contributed by atoms with E-state index in [1.807, 2.05) is 12.1 Å². The number of halogens is 1. The molecule has 1 N–H and O–H groups in total. The molecule has 8 heteroatoms. The monoisotopic (exact) mass is 375 g/mol. The van der Waals surface area contributed by atoms with Crippen LogP contribution in [-0.2, 0) is 9.59 Å². The highest BCUT2D eigenvalue weighted by Gasteiger charge is 2.58. The summed E-state index contributed by atoms with van der Waals surface area (Å²) in [4.78, 5) is 30.1. The molecule has 2 aromatic rings. The lowest BCUT2D eigenvalue weighted by atomic mass is 9.95. The topological polar surface area (TPSA) is 96.5 Å². The third kappa shape index (κ3) is 2.96. The number of piperidine rings is 1. The van der Waals surface area contributed by atoms with Gasteiger partial charge in [0.25, 0.3) is 0 Å². The van der Waals surface area contributed by atoms with Crippen LogP contribution >= 0.6 is 11.6 Å². The number of carbonyl (C=O) groups excluding carboxylic acids is 1. The molecular weight excluding hydrogens is 358 g/mol. The Morgan fingerprint density at radius 3 is 2.65 bits per heavy atom. The Labute approximate surface area is 154 Å². The summed E-state index contributed by atoms with van der Waals surface area (Å²) in [6.45, 7) is 0.985. The number of likely N-dealkylation sites (tertiary alicyclic amines) is 1. The smallest absolute Gasteiger partial charge is 0.319 e. The highest BCUT2D eigenvalue weighted by Crippen LogP contribution is 2.48. The van der Waals surface area contributed by atoms with Crippen molar-refractivity contribution in [3.05, 3.63) is 35.2 Å². The molecule has 2 aliphatic rings. The molecule has 1 saturated carbocycles. The van der Waals surface area contributed by atoms with E-state index in [1.165, 1.54) is 0 Å². The maximum absolute atomic E-state index is 12.6. The average Bonchev–Trinajstić information content (AvgIpc) is 3.33. The average molecular weight is 376 g/mol. The minimum Gasteiger partial charge on any atom is -0.480 e. The van der Waals surface area contributed by atoms with Gasteiger partial charge in [0, 0.05) is 23.7 Å². The van der Waals surface area contributed by atoms with Gasteiger partial charge in [0.15, 0.2) is 0 Å². The summed E-state index contributed by atoms with van der Waals surface area (Å²) in [5, 5.41) is 14.0. The van der Waals surface area contributed by atoms with E-state index in [-0.39, 0.29) is 11.8 Å². The largest absolute Gasteiger partial charge is 0.480 e. The maximum Gasteiger partial charge on any atom is 0.319 e. The van der Waals surface area contributed by atoms with Gasteiger partial charge in [-0.2, -0.15) is 4.98 Å². The van der Waals surface area contributed by atoms with Crippen molar-refractivity contribution in [1.29, 1.82) is 0 Å². The summed E-state index contributed by atoms with van der Waals surface area (Å²) in [6.07, 6.45) is 2.45. The lowest BCUT2D eigenvalue weighted by Crippen LogP contribution is -2.45. The second-order valence-electron chi connectivity index (χ2n) is 6.94. The zero-order valence-corrected chi connectivity index (χ0v) is 14.8. The van der Waals surface area contributed by atoms with Crippen LogP contribution in [0.5, 0.6) is 0 Å². The van der Waals surface area contributed by atoms with Gasteiger partial charge in [-0.3, -0.25) is 9.59 Å². The van der Waals surface area contributed by atoms with E-state index in [0.29, 0.717) is 42.7 Å². The van der Waals surface area contributed by atoms with Crippen LogP contribution in [-0.4, -0.2) is 45.1 Å². The molecule has 1 saturated heterocycles. The quantitative estimate of drug-likeness (QED) is 0.825. The predicted molar refractivity (Wildman–Crippen MR) is 92.6 cm³/mol. The van der Waals surface area contributed by atoms with E-state index < -0.39 is 11.4 Å². The van der Waals surface area contributed by atoms with Crippen molar-refractivity contribution in [1.82, 2.24) is 15.0 Å². The van der Waals surface area contributed by atoms with Crippen LogP contribution in [0.1, 0.15) is 37.5 Å². The number of amides is 1. The van der Waals surface area contributed by atoms with Crippen molar-refractivity contribution >= 4 is 23.5 Å². The Balaban J connectivity index is 1.49. The van der Waals surface area contributed by atoms with E-state index in [2.05, 4.69) is 10.1 Å². The Kier molecular flexibility index (Phi) is 4.19. The zero-order chi connectivity index (χ0) is 18.3. The molecule has 0 bridgehead atoms. The van der Waals surface area contributed by atoms with Crippen molar-refractivity contribution in [2.45, 2.75) is 31.6 Å². The fraction of sp³-hybridized carbons (Fsp3) is 0.444. The number of aromatic nitrogens is 2. The number of benzene rings is 1. The number of rotatable bonds is 4. The SMILES string of the molecule is O=C(O)C1(C(=O)N2CCC[C@@H](c3nc(-c4ccc(Cl)cc4)no3)C2)CC1. The van der Waals surface area contributed by atoms with E-state index in [9.17, 15) is 14.7 Å². The van der Waals surface area contributed by atoms with Crippen LogP contribution in [0.2, 0.25) is 5.02 Å². The second kappa shape index (κ2) is 6.39. The lowest BCUT2D eigenvalue weighted by molar-refractivity contribution is -0.154. The molecule has 4 rings (SSSR count). The van der Waals surface area contributed by atoms with Gasteiger partial charge in [-0.05, 0) is 49.9 Å². The van der Waals surface area contributed by atoms with Crippen molar-refractivity contribution < 1.29 is 19.2 Å². The Bertz CT molecular complexity index is 844. The molecular formula is C18H18ClN3O4. The van der Waals surface area contributed by atoms with Crippen LogP contribution in [0.25, 0.3) is 11.4 Å². The Morgan fingerprint density at radius 1 is 1.27 bits per heavy atom. The molecule has 1 aliphatic heterocycles. The molecule has 1 aromatic carbocycles. The number of hydrogen-bond donors (Lipinski definition) is 1. The molecule has 1 atom stereocenters. The van der Waals surface area contributed by atoms with Crippen molar-refractivity contribution in [2.24, 2.45) is 5.41 Å². The van der Waals surface area contributed by atoms with Gasteiger partial charge in [0.05, 0.1) is 5.92 Å². The van der Waals surface area contributed by atoms with Gasteiger partial charge in [0.1, 0.15) is 5.41 Å². The predicted octanol–water partition coefficient (Wildman–Crippen LogP) is 2.96. The number of carboxylic acids is 1. The number of aliphatic carboxylic acids is 1. The van der Waals surface area contributed by atoms with Gasteiger partial charge >= 0.3 is 5.97 Å². The van der Waals surface area contributed by atoms with Gasteiger partial charge < -0.3 is 14.5 Å². The van der Waals surface area contributed by atoms with Crippen LogP contribution < -0.4 is 0 Å². The first-order valence-corrected chi connectivity index (χ1v) is 9.00. The lowest BCUT2D eigenvalue weighted by Gasteiger charge is -2.32. The number of carbonyl (C=O) groups is 2. The van der Waals surface area contributed by atoms with Crippen molar-refractivity contribution in [3.63, 3.8) is 0 Å². The fourth-order valence-corrected chi connectivity index (χ4v) is 3.55. The molecule has 1 amide bonds. The Morgan fingerprint density at radius 2 is 2.00 bits per heavy atom. The zero-order valence-electron chi connectivity index (χ0n) is 14.0. The van der Waals surface area contributed by atoms with Crippen molar-refractivity contribution in [2.75, 3.05) is 13.1 Å². The first-order valence-electron chi connectivity index (χ1n) is 8.62. The molecule has 0 unspecified atom stereocenters. The summed E-state index contributed by atoms with van der Waals surface area (Å²) in [5.74, 6) is -0.428. The van der Waals surface area contributed by atoms with E-state index in [4.69, 9.17) is 16.1 Å². The van der Waals surface area contributed by atoms with Gasteiger partial charge in [0.2, 0.25) is 17.6 Å². The molecule has 7 nitrogen and oxygen atoms in total. The molecule has 26 heavy (non-hydrogen) atoms. The summed E-state index contributed by atoms with van der Waals surface area (Å²) in [7, 11) is 0. The molecule has 1 aliphatic carbocycles. The maximum atomic E-state index is 12.6. The van der Waals surface area contributed by atoms with E-state index in [1.54, 1.807) is 17.0 Å².